The van der Waals surface area contributed by atoms with Gasteiger partial charge in [-0.3, -0.25) is 20.2 Å². The van der Waals surface area contributed by atoms with Crippen molar-refractivity contribution >= 4 is 68.8 Å². The maximum absolute atomic E-state index is 11.4. The smallest absolute Gasteiger partial charge is 0.318 e. The number of benzene rings is 3. The molecule has 34 heavy (non-hydrogen) atoms. The van der Waals surface area contributed by atoms with E-state index in [0.29, 0.717) is 24.7 Å². The van der Waals surface area contributed by atoms with Gasteiger partial charge in [-0.2, -0.15) is 5.26 Å². The van der Waals surface area contributed by atoms with Crippen LogP contribution in [-0.4, -0.2) is 17.0 Å². The first-order valence-electron chi connectivity index (χ1n) is 9.20. The lowest BCUT2D eigenvalue weighted by Gasteiger charge is -2.14. The lowest BCUT2D eigenvalue weighted by atomic mass is 10.0. The Morgan fingerprint density at radius 3 is 2.38 bits per heavy atom. The molecule has 0 spiro atoms. The van der Waals surface area contributed by atoms with Gasteiger partial charge in [0.05, 0.1) is 43.3 Å². The lowest BCUT2D eigenvalue weighted by Crippen LogP contribution is -1.99. The second-order valence-corrected chi connectivity index (χ2v) is 8.60. The molecule has 12 heteroatoms. The number of nitro groups is 2. The molecule has 0 heterocycles. The summed E-state index contributed by atoms with van der Waals surface area (Å²) in [4.78, 5) is 20.9. The standard InChI is InChI=1S/C22H12Cl2IN3O6/c1-33-21-8-12(6-13(11-26)16-4-2-14(23)9-17(16)24)7-18(25)22(21)34-20-5-3-15(27(29)30)10-19(20)28(31)32/h2-10H,1H3/b13-6+. The quantitative estimate of drug-likeness (QED) is 0.0902. The highest BCUT2D eigenvalue weighted by atomic mass is 127. The van der Waals surface area contributed by atoms with E-state index in [0.717, 1.165) is 18.2 Å². The van der Waals surface area contributed by atoms with E-state index in [1.54, 1.807) is 30.3 Å². The molecule has 0 aliphatic rings. The number of non-ortho nitro benzene ring substituents is 1. The van der Waals surface area contributed by atoms with Crippen molar-refractivity contribution in [3.05, 3.63) is 93.5 Å². The second kappa shape index (κ2) is 10.7. The second-order valence-electron chi connectivity index (χ2n) is 6.60. The summed E-state index contributed by atoms with van der Waals surface area (Å²) in [6.45, 7) is 0. The average molecular weight is 612 g/mol. The van der Waals surface area contributed by atoms with Gasteiger partial charge in [-0.25, -0.2) is 0 Å². The van der Waals surface area contributed by atoms with Crippen molar-refractivity contribution in [3.8, 4) is 23.3 Å². The Morgan fingerprint density at radius 2 is 1.79 bits per heavy atom. The number of rotatable bonds is 7. The molecule has 0 aliphatic heterocycles. The molecule has 3 rings (SSSR count). The van der Waals surface area contributed by atoms with Crippen LogP contribution in [0.25, 0.3) is 11.6 Å². The minimum atomic E-state index is -0.770. The highest BCUT2D eigenvalue weighted by Crippen LogP contribution is 2.42. The Balaban J connectivity index is 2.05. The number of nitrogens with zero attached hydrogens (tertiary/aromatic N) is 3. The number of nitriles is 1. The lowest BCUT2D eigenvalue weighted by molar-refractivity contribution is -0.394. The summed E-state index contributed by atoms with van der Waals surface area (Å²) in [5.41, 5.74) is 0.337. The van der Waals surface area contributed by atoms with E-state index in [4.69, 9.17) is 32.7 Å². The summed E-state index contributed by atoms with van der Waals surface area (Å²) in [5.74, 6) is 0.200. The van der Waals surface area contributed by atoms with Gasteiger partial charge in [-0.15, -0.1) is 0 Å². The van der Waals surface area contributed by atoms with E-state index in [1.807, 2.05) is 22.6 Å². The van der Waals surface area contributed by atoms with Crippen LogP contribution in [0.4, 0.5) is 11.4 Å². The summed E-state index contributed by atoms with van der Waals surface area (Å²) in [5, 5.41) is 32.8. The maximum Gasteiger partial charge on any atom is 0.318 e. The zero-order valence-corrected chi connectivity index (χ0v) is 20.8. The third kappa shape index (κ3) is 5.56. The Hall–Kier alpha value is -3.40. The summed E-state index contributed by atoms with van der Waals surface area (Å²) >= 11 is 14.1. The van der Waals surface area contributed by atoms with Crippen LogP contribution in [0, 0.1) is 35.1 Å². The molecular weight excluding hydrogens is 600 g/mol. The van der Waals surface area contributed by atoms with Gasteiger partial charge in [0.2, 0.25) is 5.75 Å². The number of allylic oxidation sites excluding steroid dienone is 1. The molecule has 0 aromatic heterocycles. The zero-order chi connectivity index (χ0) is 25.0. The average Bonchev–Trinajstić information content (AvgIpc) is 2.79. The van der Waals surface area contributed by atoms with Gasteiger partial charge >= 0.3 is 5.69 Å². The molecule has 0 saturated heterocycles. The Morgan fingerprint density at radius 1 is 1.06 bits per heavy atom. The maximum atomic E-state index is 11.4. The van der Waals surface area contributed by atoms with Gasteiger partial charge in [-0.1, -0.05) is 29.3 Å². The summed E-state index contributed by atoms with van der Waals surface area (Å²) in [6.07, 6.45) is 1.60. The van der Waals surface area contributed by atoms with Gasteiger partial charge in [0.25, 0.3) is 5.69 Å². The summed E-state index contributed by atoms with van der Waals surface area (Å²) in [7, 11) is 1.39. The first-order valence-corrected chi connectivity index (χ1v) is 11.0. The number of hydrogen-bond donors (Lipinski definition) is 0. The van der Waals surface area contributed by atoms with Crippen LogP contribution in [0.15, 0.2) is 48.5 Å². The number of hydrogen-bond acceptors (Lipinski definition) is 7. The van der Waals surface area contributed by atoms with Crippen molar-refractivity contribution in [2.75, 3.05) is 7.11 Å². The van der Waals surface area contributed by atoms with Crippen molar-refractivity contribution < 1.29 is 19.3 Å². The molecular formula is C22H12Cl2IN3O6. The van der Waals surface area contributed by atoms with E-state index < -0.39 is 21.2 Å². The SMILES string of the molecule is COc1cc(/C=C(\C#N)c2ccc(Cl)cc2Cl)cc(I)c1Oc1ccc([N+](=O)[O-])cc1[N+](=O)[O-]. The van der Waals surface area contributed by atoms with Crippen LogP contribution in [-0.2, 0) is 0 Å². The molecule has 0 unspecified atom stereocenters. The molecule has 172 valence electrons. The van der Waals surface area contributed by atoms with Gasteiger partial charge < -0.3 is 9.47 Å². The number of methoxy groups -OCH3 is 1. The fraction of sp³-hybridized carbons (Fsp3) is 0.0455. The molecule has 0 aliphatic carbocycles. The van der Waals surface area contributed by atoms with Crippen LogP contribution in [0.3, 0.4) is 0 Å². The molecule has 0 radical (unpaired) electrons. The van der Waals surface area contributed by atoms with E-state index in [2.05, 4.69) is 6.07 Å². The Labute approximate surface area is 216 Å². The highest BCUT2D eigenvalue weighted by molar-refractivity contribution is 14.1. The van der Waals surface area contributed by atoms with Crippen molar-refractivity contribution in [1.82, 2.24) is 0 Å². The van der Waals surface area contributed by atoms with Crippen molar-refractivity contribution in [3.63, 3.8) is 0 Å². The summed E-state index contributed by atoms with van der Waals surface area (Å²) < 4.78 is 11.7. The van der Waals surface area contributed by atoms with E-state index in [9.17, 15) is 25.5 Å². The molecule has 3 aromatic carbocycles. The third-order valence-electron chi connectivity index (χ3n) is 4.47. The van der Waals surface area contributed by atoms with Crippen molar-refractivity contribution in [1.29, 1.82) is 5.26 Å². The van der Waals surface area contributed by atoms with E-state index in [1.165, 1.54) is 13.2 Å². The highest BCUT2D eigenvalue weighted by Gasteiger charge is 2.23. The monoisotopic (exact) mass is 611 g/mol. The van der Waals surface area contributed by atoms with Gasteiger partial charge in [-0.05, 0) is 64.6 Å². The predicted octanol–water partition coefficient (Wildman–Crippen LogP) is 7.28. The van der Waals surface area contributed by atoms with Crippen LogP contribution in [0.2, 0.25) is 10.0 Å². The van der Waals surface area contributed by atoms with Crippen LogP contribution in [0.1, 0.15) is 11.1 Å². The van der Waals surface area contributed by atoms with Crippen LogP contribution in [0.5, 0.6) is 17.2 Å². The summed E-state index contributed by atoms with van der Waals surface area (Å²) in [6, 6.07) is 13.2. The van der Waals surface area contributed by atoms with E-state index >= 15 is 0 Å². The van der Waals surface area contributed by atoms with Crippen LogP contribution < -0.4 is 9.47 Å². The normalized spacial score (nSPS) is 11.0. The minimum Gasteiger partial charge on any atom is -0.493 e. The number of ether oxygens (including phenoxy) is 2. The Bertz CT molecular complexity index is 1390. The molecule has 3 aromatic rings. The Kier molecular flexibility index (Phi) is 7.93. The number of nitro benzene ring substituents is 2. The van der Waals surface area contributed by atoms with E-state index in [-0.39, 0.29) is 22.8 Å². The topological polar surface area (TPSA) is 129 Å². The molecule has 0 saturated carbocycles. The van der Waals surface area contributed by atoms with Gasteiger partial charge in [0, 0.05) is 16.7 Å². The first-order chi connectivity index (χ1) is 16.1. The molecule has 0 atom stereocenters. The predicted molar refractivity (Wildman–Crippen MR) is 135 cm³/mol. The number of halogens is 3. The fourth-order valence-electron chi connectivity index (χ4n) is 2.93. The fourth-order valence-corrected chi connectivity index (χ4v) is 4.17. The molecule has 0 fully saturated rings. The zero-order valence-electron chi connectivity index (χ0n) is 17.1. The van der Waals surface area contributed by atoms with Crippen molar-refractivity contribution in [2.24, 2.45) is 0 Å². The van der Waals surface area contributed by atoms with Crippen molar-refractivity contribution in [2.45, 2.75) is 0 Å². The van der Waals surface area contributed by atoms with Gasteiger partial charge in [0.1, 0.15) is 0 Å². The largest absolute Gasteiger partial charge is 0.493 e. The van der Waals surface area contributed by atoms with Crippen LogP contribution >= 0.6 is 45.8 Å². The molecule has 0 bridgehead atoms. The van der Waals surface area contributed by atoms with Gasteiger partial charge in [0.15, 0.2) is 11.5 Å². The molecule has 9 nitrogen and oxygen atoms in total. The minimum absolute atomic E-state index is 0.167. The molecule has 0 N–H and O–H groups in total. The third-order valence-corrected chi connectivity index (χ3v) is 5.82. The molecule has 0 amide bonds. The first kappa shape index (κ1) is 25.2.